The highest BCUT2D eigenvalue weighted by molar-refractivity contribution is 7.73. The molecule has 0 unspecified atom stereocenters. The van der Waals surface area contributed by atoms with Crippen molar-refractivity contribution in [2.45, 2.75) is 13.8 Å². The van der Waals surface area contributed by atoms with E-state index >= 15 is 0 Å². The Morgan fingerprint density at radius 2 is 1.81 bits per heavy atom. The molecule has 0 spiro atoms. The summed E-state index contributed by atoms with van der Waals surface area (Å²) in [6.45, 7) is 3.93. The molecular weight excluding hydrogens is 362 g/mol. The molecule has 0 amide bonds. The van der Waals surface area contributed by atoms with Crippen molar-refractivity contribution < 1.29 is 4.79 Å². The third kappa shape index (κ3) is 2.58. The molecule has 0 saturated carbocycles. The van der Waals surface area contributed by atoms with Gasteiger partial charge in [0.1, 0.15) is 10.7 Å². The van der Waals surface area contributed by atoms with Crippen molar-refractivity contribution in [2.75, 3.05) is 5.73 Å². The van der Waals surface area contributed by atoms with Gasteiger partial charge in [-0.05, 0) is 44.3 Å². The molecule has 2 aromatic carbocycles. The number of fused-ring (bicyclic) bond motifs is 1. The van der Waals surface area contributed by atoms with Crippen LogP contribution in [0.4, 0.5) is 5.82 Å². The first-order chi connectivity index (χ1) is 12.5. The number of carbonyl (C=O) groups is 1. The van der Waals surface area contributed by atoms with Gasteiger partial charge in [-0.15, -0.1) is 0 Å². The molecule has 0 fully saturated rings. The van der Waals surface area contributed by atoms with E-state index in [2.05, 4.69) is 4.98 Å². The molecule has 0 aliphatic carbocycles. The predicted octanol–water partition coefficient (Wildman–Crippen LogP) is 5.18. The minimum atomic E-state index is -0.0978. The summed E-state index contributed by atoms with van der Waals surface area (Å²) in [5.41, 5.74) is 10.8. The van der Waals surface area contributed by atoms with Crippen LogP contribution >= 0.6 is 23.6 Å². The largest absolute Gasteiger partial charge is 0.383 e. The van der Waals surface area contributed by atoms with Gasteiger partial charge in [0, 0.05) is 22.3 Å². The Hall–Kier alpha value is -2.70. The number of thiazole rings is 1. The maximum Gasteiger partial charge on any atom is 0.209 e. The van der Waals surface area contributed by atoms with Crippen LogP contribution in [0, 0.1) is 17.8 Å². The average Bonchev–Trinajstić information content (AvgIpc) is 3.11. The number of aryl methyl sites for hydroxylation is 2. The number of rotatable bonds is 3. The number of aromatic amines is 1. The maximum absolute atomic E-state index is 13.3. The van der Waals surface area contributed by atoms with Crippen molar-refractivity contribution in [3.05, 3.63) is 74.2 Å². The normalized spacial score (nSPS) is 11.2. The van der Waals surface area contributed by atoms with Crippen LogP contribution in [-0.2, 0) is 0 Å². The van der Waals surface area contributed by atoms with E-state index in [9.17, 15) is 4.79 Å². The number of benzene rings is 2. The van der Waals surface area contributed by atoms with Gasteiger partial charge >= 0.3 is 0 Å². The Bertz CT molecular complexity index is 1200. The minimum absolute atomic E-state index is 0.0978. The molecule has 2 aromatic heterocycles. The van der Waals surface area contributed by atoms with Gasteiger partial charge in [-0.2, -0.15) is 0 Å². The van der Waals surface area contributed by atoms with Crippen molar-refractivity contribution in [1.29, 1.82) is 0 Å². The van der Waals surface area contributed by atoms with Crippen molar-refractivity contribution in [3.63, 3.8) is 0 Å². The van der Waals surface area contributed by atoms with Crippen LogP contribution < -0.4 is 5.73 Å². The fourth-order valence-corrected chi connectivity index (χ4v) is 4.48. The van der Waals surface area contributed by atoms with Gasteiger partial charge in [0.25, 0.3) is 0 Å². The molecular formula is C20H17N3OS2. The number of para-hydroxylation sites is 1. The molecule has 0 saturated heterocycles. The third-order valence-corrected chi connectivity index (χ3v) is 5.85. The number of hydrogen-bond donors (Lipinski definition) is 2. The van der Waals surface area contributed by atoms with Crippen LogP contribution in [0.5, 0.6) is 0 Å². The van der Waals surface area contributed by atoms with Gasteiger partial charge in [-0.1, -0.05) is 47.2 Å². The van der Waals surface area contributed by atoms with E-state index in [0.29, 0.717) is 20.2 Å². The van der Waals surface area contributed by atoms with Gasteiger partial charge in [-0.25, -0.2) is 0 Å². The summed E-state index contributed by atoms with van der Waals surface area (Å²) in [5, 5.41) is 0.899. The number of anilines is 1. The number of nitrogens with two attached hydrogens (primary N) is 1. The van der Waals surface area contributed by atoms with Crippen molar-refractivity contribution in [2.24, 2.45) is 0 Å². The van der Waals surface area contributed by atoms with E-state index in [4.69, 9.17) is 18.0 Å². The maximum atomic E-state index is 13.3. The molecule has 26 heavy (non-hydrogen) atoms. The van der Waals surface area contributed by atoms with Crippen molar-refractivity contribution in [1.82, 2.24) is 9.55 Å². The number of H-pyrrole nitrogens is 1. The smallest absolute Gasteiger partial charge is 0.209 e. The SMILES string of the molecule is Cc1ccc(-n2c(N)c(C(=O)c3c(C)[nH]c4ccccc34)sc2=S)cc1. The number of carbonyl (C=O) groups excluding carboxylic acids is 1. The minimum Gasteiger partial charge on any atom is -0.383 e. The zero-order valence-corrected chi connectivity index (χ0v) is 16.0. The lowest BCUT2D eigenvalue weighted by Gasteiger charge is -2.07. The summed E-state index contributed by atoms with van der Waals surface area (Å²) >= 11 is 6.75. The zero-order valence-electron chi connectivity index (χ0n) is 14.4. The summed E-state index contributed by atoms with van der Waals surface area (Å²) in [6.07, 6.45) is 0. The highest BCUT2D eigenvalue weighted by atomic mass is 32.1. The summed E-state index contributed by atoms with van der Waals surface area (Å²) in [4.78, 5) is 17.0. The molecule has 0 aliphatic heterocycles. The summed E-state index contributed by atoms with van der Waals surface area (Å²) in [7, 11) is 0. The van der Waals surface area contributed by atoms with E-state index in [-0.39, 0.29) is 5.78 Å². The molecule has 0 radical (unpaired) electrons. The second kappa shape index (κ2) is 6.23. The van der Waals surface area contributed by atoms with Gasteiger partial charge in [0.05, 0.1) is 5.56 Å². The van der Waals surface area contributed by atoms with Crippen LogP contribution in [-0.4, -0.2) is 15.3 Å². The quantitative estimate of drug-likeness (QED) is 0.381. The van der Waals surface area contributed by atoms with E-state index in [1.807, 2.05) is 62.4 Å². The second-order valence-electron chi connectivity index (χ2n) is 6.25. The molecule has 4 nitrogen and oxygen atoms in total. The van der Waals surface area contributed by atoms with Crippen LogP contribution in [0.1, 0.15) is 26.5 Å². The van der Waals surface area contributed by atoms with Gasteiger partial charge in [-0.3, -0.25) is 9.36 Å². The van der Waals surface area contributed by atoms with Gasteiger partial charge in [0.2, 0.25) is 5.78 Å². The first-order valence-corrected chi connectivity index (χ1v) is 9.40. The van der Waals surface area contributed by atoms with Gasteiger partial charge < -0.3 is 10.7 Å². The lowest BCUT2D eigenvalue weighted by atomic mass is 10.1. The fraction of sp³-hybridized carbons (Fsp3) is 0.100. The molecule has 6 heteroatoms. The number of nitrogens with one attached hydrogen (secondary N) is 1. The van der Waals surface area contributed by atoms with Crippen LogP contribution in [0.2, 0.25) is 0 Å². The Morgan fingerprint density at radius 3 is 2.54 bits per heavy atom. The summed E-state index contributed by atoms with van der Waals surface area (Å²) in [6, 6.07) is 15.7. The predicted molar refractivity (Wildman–Crippen MR) is 110 cm³/mol. The van der Waals surface area contributed by atoms with Crippen LogP contribution in [0.15, 0.2) is 48.5 Å². The molecule has 130 valence electrons. The molecule has 0 atom stereocenters. The van der Waals surface area contributed by atoms with E-state index in [1.165, 1.54) is 11.3 Å². The highest BCUT2D eigenvalue weighted by Gasteiger charge is 2.23. The Labute approximate surface area is 159 Å². The number of hydrogen-bond acceptors (Lipinski definition) is 4. The van der Waals surface area contributed by atoms with E-state index in [0.717, 1.165) is 27.8 Å². The second-order valence-corrected chi connectivity index (χ2v) is 7.90. The number of aromatic nitrogens is 2. The lowest BCUT2D eigenvalue weighted by Crippen LogP contribution is -2.07. The molecule has 0 aliphatic rings. The summed E-state index contributed by atoms with van der Waals surface area (Å²) < 4.78 is 2.32. The zero-order chi connectivity index (χ0) is 18.4. The number of nitrogens with zero attached hydrogens (tertiary/aromatic N) is 1. The Morgan fingerprint density at radius 1 is 1.12 bits per heavy atom. The first kappa shape index (κ1) is 16.8. The fourth-order valence-electron chi connectivity index (χ4n) is 3.17. The highest BCUT2D eigenvalue weighted by Crippen LogP contribution is 2.32. The Balaban J connectivity index is 1.87. The third-order valence-electron chi connectivity index (χ3n) is 4.46. The lowest BCUT2D eigenvalue weighted by molar-refractivity contribution is 0.104. The van der Waals surface area contributed by atoms with Crippen LogP contribution in [0.25, 0.3) is 16.6 Å². The van der Waals surface area contributed by atoms with E-state index < -0.39 is 0 Å². The first-order valence-electron chi connectivity index (χ1n) is 8.17. The van der Waals surface area contributed by atoms with Crippen molar-refractivity contribution >= 4 is 46.1 Å². The van der Waals surface area contributed by atoms with Gasteiger partial charge in [0.15, 0.2) is 3.95 Å². The molecule has 0 bridgehead atoms. The topological polar surface area (TPSA) is 63.8 Å². The Kier molecular flexibility index (Phi) is 4.01. The molecule has 3 N–H and O–H groups in total. The number of ketones is 1. The number of nitrogen functional groups attached to an aromatic ring is 1. The average molecular weight is 380 g/mol. The van der Waals surface area contributed by atoms with Crippen LogP contribution in [0.3, 0.4) is 0 Å². The van der Waals surface area contributed by atoms with E-state index in [1.54, 1.807) is 4.57 Å². The monoisotopic (exact) mass is 379 g/mol. The van der Waals surface area contributed by atoms with Crippen molar-refractivity contribution in [3.8, 4) is 5.69 Å². The molecule has 4 aromatic rings. The molecule has 2 heterocycles. The standard InChI is InChI=1S/C20H17N3OS2/c1-11-7-9-13(10-8-11)23-19(21)18(26-20(23)25)17(24)16-12(2)22-15-6-4-3-5-14(15)16/h3-10,22H,21H2,1-2H3. The molecule has 4 rings (SSSR count). The summed E-state index contributed by atoms with van der Waals surface area (Å²) in [5.74, 6) is 0.290.